The summed E-state index contributed by atoms with van der Waals surface area (Å²) in [6.07, 6.45) is 0.233. The predicted molar refractivity (Wildman–Crippen MR) is 129 cm³/mol. The third-order valence-electron chi connectivity index (χ3n) is 6.20. The van der Waals surface area contributed by atoms with Gasteiger partial charge in [0.15, 0.2) is 9.84 Å². The van der Waals surface area contributed by atoms with Crippen molar-refractivity contribution in [2.45, 2.75) is 31.6 Å². The summed E-state index contributed by atoms with van der Waals surface area (Å²) in [7, 11) is -3.84. The number of nitrogens with one attached hydrogen (secondary N) is 2. The molecule has 2 amide bonds. The Morgan fingerprint density at radius 2 is 1.74 bits per heavy atom. The van der Waals surface area contributed by atoms with Crippen molar-refractivity contribution in [2.75, 3.05) is 30.7 Å². The highest BCUT2D eigenvalue weighted by Crippen LogP contribution is 2.36. The first kappa shape index (κ1) is 25.3. The maximum atomic E-state index is 13.2. The second-order valence-corrected chi connectivity index (χ2v) is 10.4. The van der Waals surface area contributed by atoms with Gasteiger partial charge in [-0.1, -0.05) is 24.1 Å². The lowest BCUT2D eigenvalue weighted by Gasteiger charge is -2.40. The lowest BCUT2D eigenvalue weighted by atomic mass is 9.79. The zero-order chi connectivity index (χ0) is 24.8. The molecule has 0 saturated carbocycles. The molecule has 1 aliphatic heterocycles. The molecule has 0 aromatic heterocycles. The van der Waals surface area contributed by atoms with E-state index in [-0.39, 0.29) is 36.7 Å². The Morgan fingerprint density at radius 1 is 1.09 bits per heavy atom. The molecular weight excluding hydrogens is 454 g/mol. The first-order valence-electron chi connectivity index (χ1n) is 11.0. The average molecular weight is 484 g/mol. The van der Waals surface area contributed by atoms with Crippen molar-refractivity contribution in [2.24, 2.45) is 5.41 Å². The summed E-state index contributed by atoms with van der Waals surface area (Å²) in [6, 6.07) is 13.5. The number of aryl methyl sites for hydroxylation is 1. The molecule has 2 aromatic carbocycles. The first-order chi connectivity index (χ1) is 16.2. The van der Waals surface area contributed by atoms with Gasteiger partial charge in [-0.3, -0.25) is 14.8 Å². The van der Waals surface area contributed by atoms with Crippen molar-refractivity contribution >= 4 is 27.3 Å². The van der Waals surface area contributed by atoms with Crippen LogP contribution >= 0.6 is 0 Å². The Kier molecular flexibility index (Phi) is 7.97. The van der Waals surface area contributed by atoms with Crippen LogP contribution in [0.3, 0.4) is 0 Å². The fraction of sp³-hybridized carbons (Fsp3) is 0.360. The number of sulfone groups is 1. The van der Waals surface area contributed by atoms with Gasteiger partial charge in [-0.25, -0.2) is 13.9 Å². The highest BCUT2D eigenvalue weighted by Gasteiger charge is 2.46. The molecule has 0 atom stereocenters. The number of hydrogen-bond donors (Lipinski definition) is 3. The van der Waals surface area contributed by atoms with Crippen molar-refractivity contribution in [3.05, 3.63) is 59.7 Å². The van der Waals surface area contributed by atoms with E-state index in [0.717, 1.165) is 11.3 Å². The third kappa shape index (κ3) is 5.58. The molecule has 2 aromatic rings. The maximum absolute atomic E-state index is 13.2. The van der Waals surface area contributed by atoms with Gasteiger partial charge < -0.3 is 10.2 Å². The molecule has 3 N–H and O–H groups in total. The van der Waals surface area contributed by atoms with E-state index in [4.69, 9.17) is 0 Å². The summed E-state index contributed by atoms with van der Waals surface area (Å²) in [6.45, 7) is 4.44. The summed E-state index contributed by atoms with van der Waals surface area (Å²) in [5, 5.41) is 12.4. The van der Waals surface area contributed by atoms with E-state index in [0.29, 0.717) is 12.1 Å². The van der Waals surface area contributed by atoms with Crippen molar-refractivity contribution in [3.8, 4) is 11.8 Å². The summed E-state index contributed by atoms with van der Waals surface area (Å²) >= 11 is 0. The van der Waals surface area contributed by atoms with E-state index < -0.39 is 26.9 Å². The Labute approximate surface area is 200 Å². The Balaban J connectivity index is 1.76. The molecular formula is C25H29N3O5S. The lowest BCUT2D eigenvalue weighted by Crippen LogP contribution is -2.52. The van der Waals surface area contributed by atoms with Gasteiger partial charge in [-0.2, -0.15) is 0 Å². The zero-order valence-electron chi connectivity index (χ0n) is 19.3. The van der Waals surface area contributed by atoms with E-state index in [9.17, 15) is 23.2 Å². The summed E-state index contributed by atoms with van der Waals surface area (Å²) in [5.74, 6) is 4.26. The van der Waals surface area contributed by atoms with Gasteiger partial charge >= 0.3 is 0 Å². The minimum Gasteiger partial charge on any atom is -0.374 e. The molecule has 34 heavy (non-hydrogen) atoms. The van der Waals surface area contributed by atoms with E-state index in [1.807, 2.05) is 19.1 Å². The number of piperidine rings is 1. The van der Waals surface area contributed by atoms with Crippen LogP contribution in [-0.2, 0) is 14.6 Å². The van der Waals surface area contributed by atoms with Gasteiger partial charge in [-0.05, 0) is 62.6 Å². The summed E-state index contributed by atoms with van der Waals surface area (Å²) in [5.41, 5.74) is 2.45. The lowest BCUT2D eigenvalue weighted by molar-refractivity contribution is -0.141. The molecule has 180 valence electrons. The highest BCUT2D eigenvalue weighted by atomic mass is 32.2. The number of nitrogens with zero attached hydrogens (tertiary/aromatic N) is 1. The second-order valence-electron chi connectivity index (χ2n) is 8.39. The fourth-order valence-electron chi connectivity index (χ4n) is 4.14. The molecule has 1 saturated heterocycles. The molecule has 1 aliphatic rings. The number of likely N-dealkylation sites (tertiary alicyclic amines) is 1. The number of hydrogen-bond acceptors (Lipinski definition) is 6. The minimum absolute atomic E-state index is 0.0863. The standard InChI is InChI=1S/C25H29N3O5S/c1-3-4-15-26-20-9-11-21(12-10-20)34(32,33)18-25(24(30)27-31)13-16-28(17-14-25)23(29)22-8-6-5-7-19(22)2/h5-12,26,31H,13-18H2,1-2H3,(H,27,30). The van der Waals surface area contributed by atoms with Crippen LogP contribution in [0.5, 0.6) is 0 Å². The van der Waals surface area contributed by atoms with Crippen LogP contribution in [-0.4, -0.2) is 55.7 Å². The van der Waals surface area contributed by atoms with Crippen LogP contribution in [0.2, 0.25) is 0 Å². The number of carbonyl (C=O) groups excluding carboxylic acids is 2. The van der Waals surface area contributed by atoms with Gasteiger partial charge in [0.05, 0.1) is 22.6 Å². The van der Waals surface area contributed by atoms with Crippen molar-refractivity contribution in [1.82, 2.24) is 10.4 Å². The van der Waals surface area contributed by atoms with Crippen LogP contribution in [0.1, 0.15) is 35.7 Å². The van der Waals surface area contributed by atoms with Crippen LogP contribution in [0, 0.1) is 24.2 Å². The number of amides is 2. The summed E-state index contributed by atoms with van der Waals surface area (Å²) < 4.78 is 26.4. The predicted octanol–water partition coefficient (Wildman–Crippen LogP) is 2.63. The van der Waals surface area contributed by atoms with Gasteiger partial charge in [0.2, 0.25) is 0 Å². The molecule has 0 unspecified atom stereocenters. The van der Waals surface area contributed by atoms with E-state index in [1.165, 1.54) is 12.1 Å². The molecule has 0 aliphatic carbocycles. The molecule has 3 rings (SSSR count). The second kappa shape index (κ2) is 10.7. The Morgan fingerprint density at radius 3 is 2.32 bits per heavy atom. The van der Waals surface area contributed by atoms with E-state index in [2.05, 4.69) is 17.2 Å². The van der Waals surface area contributed by atoms with Crippen LogP contribution < -0.4 is 10.8 Å². The van der Waals surface area contributed by atoms with E-state index >= 15 is 0 Å². The van der Waals surface area contributed by atoms with Crippen LogP contribution in [0.25, 0.3) is 0 Å². The van der Waals surface area contributed by atoms with Crippen LogP contribution in [0.4, 0.5) is 5.69 Å². The highest BCUT2D eigenvalue weighted by molar-refractivity contribution is 7.91. The van der Waals surface area contributed by atoms with E-state index in [1.54, 1.807) is 41.6 Å². The largest absolute Gasteiger partial charge is 0.374 e. The Hall–Kier alpha value is -3.35. The number of benzene rings is 2. The molecule has 1 heterocycles. The van der Waals surface area contributed by atoms with Gasteiger partial charge in [-0.15, -0.1) is 5.92 Å². The fourth-order valence-corrected chi connectivity index (χ4v) is 6.00. The topological polar surface area (TPSA) is 116 Å². The van der Waals surface area contributed by atoms with Crippen molar-refractivity contribution < 1.29 is 23.2 Å². The third-order valence-corrected chi connectivity index (χ3v) is 8.13. The zero-order valence-corrected chi connectivity index (χ0v) is 20.1. The molecule has 9 heteroatoms. The first-order valence-corrected chi connectivity index (χ1v) is 12.6. The maximum Gasteiger partial charge on any atom is 0.254 e. The monoisotopic (exact) mass is 483 g/mol. The molecule has 8 nitrogen and oxygen atoms in total. The summed E-state index contributed by atoms with van der Waals surface area (Å²) in [4.78, 5) is 27.3. The molecule has 0 bridgehead atoms. The average Bonchev–Trinajstić information content (AvgIpc) is 2.84. The van der Waals surface area contributed by atoms with Crippen molar-refractivity contribution in [1.29, 1.82) is 0 Å². The normalized spacial score (nSPS) is 15.1. The molecule has 0 radical (unpaired) electrons. The van der Waals surface area contributed by atoms with Crippen molar-refractivity contribution in [3.63, 3.8) is 0 Å². The minimum atomic E-state index is -3.84. The number of rotatable bonds is 7. The number of hydroxylamine groups is 1. The molecule has 1 fully saturated rings. The molecule has 0 spiro atoms. The quantitative estimate of drug-likeness (QED) is 0.317. The van der Waals surface area contributed by atoms with Gasteiger partial charge in [0.1, 0.15) is 0 Å². The van der Waals surface area contributed by atoms with Gasteiger partial charge in [0.25, 0.3) is 11.8 Å². The number of anilines is 1. The van der Waals surface area contributed by atoms with Crippen LogP contribution in [0.15, 0.2) is 53.4 Å². The number of carbonyl (C=O) groups is 2. The Bertz CT molecular complexity index is 1210. The van der Waals surface area contributed by atoms with Gasteiger partial charge in [0, 0.05) is 24.3 Å². The SMILES string of the molecule is CC#CCNc1ccc(S(=O)(=O)CC2(C(=O)NO)CCN(C(=O)c3ccccc3C)CC2)cc1. The smallest absolute Gasteiger partial charge is 0.254 e.